The number of aromatic nitrogens is 1. The van der Waals surface area contributed by atoms with Gasteiger partial charge in [-0.3, -0.25) is 4.79 Å². The second-order valence-corrected chi connectivity index (χ2v) is 6.25. The molecule has 0 spiro atoms. The van der Waals surface area contributed by atoms with Crippen molar-refractivity contribution in [2.24, 2.45) is 5.41 Å². The first-order chi connectivity index (χ1) is 8.51. The number of aryl methyl sites for hydroxylation is 1. The number of carbonyl (C=O) groups excluding carboxylic acids is 1. The summed E-state index contributed by atoms with van der Waals surface area (Å²) in [5, 5.41) is 9.38. The Labute approximate surface area is 137 Å². The van der Waals surface area contributed by atoms with Gasteiger partial charge in [0.15, 0.2) is 0 Å². The molecule has 2 rings (SSSR count). The summed E-state index contributed by atoms with van der Waals surface area (Å²) in [5.74, 6) is 0.134. The SMILES string of the molecule is Cc1csc(C(C)NC(=O)C2(C)CCCNC2)n1.Cl.Cl. The molecule has 0 aromatic carbocycles. The first kappa shape index (κ1) is 19.6. The monoisotopic (exact) mass is 339 g/mol. The fourth-order valence-electron chi connectivity index (χ4n) is 2.25. The minimum absolute atomic E-state index is 0. The van der Waals surface area contributed by atoms with E-state index in [1.807, 2.05) is 26.2 Å². The molecule has 0 bridgehead atoms. The van der Waals surface area contributed by atoms with Crippen LogP contribution in [0, 0.1) is 12.3 Å². The summed E-state index contributed by atoms with van der Waals surface area (Å²) in [4.78, 5) is 16.8. The number of nitrogens with zero attached hydrogens (tertiary/aromatic N) is 1. The van der Waals surface area contributed by atoms with Crippen LogP contribution in [0.4, 0.5) is 0 Å². The average Bonchev–Trinajstić information content (AvgIpc) is 2.77. The van der Waals surface area contributed by atoms with Crippen molar-refractivity contribution < 1.29 is 4.79 Å². The van der Waals surface area contributed by atoms with Gasteiger partial charge >= 0.3 is 0 Å². The summed E-state index contributed by atoms with van der Waals surface area (Å²) in [7, 11) is 0. The van der Waals surface area contributed by atoms with Crippen LogP contribution in [-0.4, -0.2) is 24.0 Å². The Morgan fingerprint density at radius 2 is 2.25 bits per heavy atom. The molecule has 116 valence electrons. The lowest BCUT2D eigenvalue weighted by molar-refractivity contribution is -0.131. The Kier molecular flexibility index (Phi) is 8.03. The number of halogens is 2. The Morgan fingerprint density at radius 3 is 2.75 bits per heavy atom. The summed E-state index contributed by atoms with van der Waals surface area (Å²) < 4.78 is 0. The van der Waals surface area contributed by atoms with Crippen LogP contribution >= 0.6 is 36.2 Å². The van der Waals surface area contributed by atoms with E-state index in [1.54, 1.807) is 11.3 Å². The van der Waals surface area contributed by atoms with Crippen molar-refractivity contribution in [3.8, 4) is 0 Å². The molecule has 2 heterocycles. The number of nitrogens with one attached hydrogen (secondary N) is 2. The van der Waals surface area contributed by atoms with Crippen molar-refractivity contribution in [1.82, 2.24) is 15.6 Å². The van der Waals surface area contributed by atoms with Crippen molar-refractivity contribution in [2.75, 3.05) is 13.1 Å². The minimum atomic E-state index is -0.279. The average molecular weight is 340 g/mol. The highest BCUT2D eigenvalue weighted by molar-refractivity contribution is 7.09. The van der Waals surface area contributed by atoms with Crippen LogP contribution in [0.5, 0.6) is 0 Å². The van der Waals surface area contributed by atoms with Gasteiger partial charge in [0.1, 0.15) is 5.01 Å². The van der Waals surface area contributed by atoms with Crippen molar-refractivity contribution in [1.29, 1.82) is 0 Å². The van der Waals surface area contributed by atoms with Gasteiger partial charge in [0.2, 0.25) is 5.91 Å². The van der Waals surface area contributed by atoms with Crippen LogP contribution in [0.2, 0.25) is 0 Å². The summed E-state index contributed by atoms with van der Waals surface area (Å²) in [6.07, 6.45) is 2.02. The molecule has 2 atom stereocenters. The number of rotatable bonds is 3. The summed E-state index contributed by atoms with van der Waals surface area (Å²) in [6.45, 7) is 7.79. The number of hydrogen-bond acceptors (Lipinski definition) is 4. The van der Waals surface area contributed by atoms with E-state index in [0.29, 0.717) is 0 Å². The molecule has 2 N–H and O–H groups in total. The molecule has 4 nitrogen and oxygen atoms in total. The zero-order chi connectivity index (χ0) is 13.2. The minimum Gasteiger partial charge on any atom is -0.347 e. The van der Waals surface area contributed by atoms with Gasteiger partial charge in [-0.15, -0.1) is 36.2 Å². The van der Waals surface area contributed by atoms with Gasteiger partial charge in [0, 0.05) is 17.6 Å². The van der Waals surface area contributed by atoms with E-state index in [4.69, 9.17) is 0 Å². The second kappa shape index (κ2) is 8.17. The normalized spacial score (nSPS) is 23.1. The molecule has 7 heteroatoms. The molecule has 1 aliphatic heterocycles. The highest BCUT2D eigenvalue weighted by atomic mass is 35.5. The summed E-state index contributed by atoms with van der Waals surface area (Å²) in [6, 6.07) is -0.00467. The van der Waals surface area contributed by atoms with Gasteiger partial charge < -0.3 is 10.6 Å². The number of amides is 1. The Hall–Kier alpha value is -0.360. The quantitative estimate of drug-likeness (QED) is 0.890. The molecule has 1 saturated heterocycles. The van der Waals surface area contributed by atoms with Crippen molar-refractivity contribution in [3.63, 3.8) is 0 Å². The van der Waals surface area contributed by atoms with Gasteiger partial charge in [-0.1, -0.05) is 0 Å². The molecular weight excluding hydrogens is 317 g/mol. The van der Waals surface area contributed by atoms with E-state index in [1.165, 1.54) is 0 Å². The largest absolute Gasteiger partial charge is 0.347 e. The molecule has 0 aliphatic carbocycles. The lowest BCUT2D eigenvalue weighted by Gasteiger charge is -2.33. The Balaban J connectivity index is 0.00000180. The number of carbonyl (C=O) groups is 1. The molecule has 1 aromatic heterocycles. The molecule has 20 heavy (non-hydrogen) atoms. The van der Waals surface area contributed by atoms with E-state index >= 15 is 0 Å². The first-order valence-corrected chi connectivity index (χ1v) is 7.33. The third kappa shape index (κ3) is 4.58. The number of piperidine rings is 1. The lowest BCUT2D eigenvalue weighted by atomic mass is 9.82. The Bertz CT molecular complexity index is 433. The fourth-order valence-corrected chi connectivity index (χ4v) is 3.06. The van der Waals surface area contributed by atoms with Gasteiger partial charge in [-0.05, 0) is 40.2 Å². The fraction of sp³-hybridized carbons (Fsp3) is 0.692. The van der Waals surface area contributed by atoms with E-state index in [0.717, 1.165) is 36.6 Å². The predicted molar refractivity (Wildman–Crippen MR) is 88.1 cm³/mol. The van der Waals surface area contributed by atoms with E-state index in [9.17, 15) is 4.79 Å². The number of thiazole rings is 1. The van der Waals surface area contributed by atoms with E-state index in [-0.39, 0.29) is 42.2 Å². The zero-order valence-electron chi connectivity index (χ0n) is 12.1. The molecular formula is C13H23Cl2N3OS. The smallest absolute Gasteiger partial charge is 0.227 e. The third-order valence-corrected chi connectivity index (χ3v) is 4.65. The molecule has 2 unspecified atom stereocenters. The topological polar surface area (TPSA) is 54.0 Å². The molecule has 1 fully saturated rings. The van der Waals surface area contributed by atoms with Crippen molar-refractivity contribution in [2.45, 2.75) is 39.7 Å². The highest BCUT2D eigenvalue weighted by Crippen LogP contribution is 2.27. The van der Waals surface area contributed by atoms with Gasteiger partial charge in [-0.2, -0.15) is 0 Å². The number of hydrogen-bond donors (Lipinski definition) is 2. The van der Waals surface area contributed by atoms with Crippen LogP contribution in [-0.2, 0) is 4.79 Å². The van der Waals surface area contributed by atoms with Gasteiger partial charge in [0.25, 0.3) is 0 Å². The summed E-state index contributed by atoms with van der Waals surface area (Å²) in [5.41, 5.74) is 0.736. The maximum atomic E-state index is 12.3. The van der Waals surface area contributed by atoms with Crippen LogP contribution in [0.15, 0.2) is 5.38 Å². The van der Waals surface area contributed by atoms with E-state index in [2.05, 4.69) is 15.6 Å². The van der Waals surface area contributed by atoms with E-state index < -0.39 is 0 Å². The van der Waals surface area contributed by atoms with Crippen molar-refractivity contribution >= 4 is 42.1 Å². The maximum Gasteiger partial charge on any atom is 0.227 e. The van der Waals surface area contributed by atoms with Crippen LogP contribution in [0.25, 0.3) is 0 Å². The second-order valence-electron chi connectivity index (χ2n) is 5.36. The highest BCUT2D eigenvalue weighted by Gasteiger charge is 2.35. The van der Waals surface area contributed by atoms with Gasteiger partial charge in [-0.25, -0.2) is 4.98 Å². The van der Waals surface area contributed by atoms with Crippen LogP contribution in [0.3, 0.4) is 0 Å². The molecule has 0 saturated carbocycles. The lowest BCUT2D eigenvalue weighted by Crippen LogP contribution is -2.49. The zero-order valence-corrected chi connectivity index (χ0v) is 14.5. The third-order valence-electron chi connectivity index (χ3n) is 3.50. The molecule has 1 aromatic rings. The van der Waals surface area contributed by atoms with Crippen LogP contribution in [0.1, 0.15) is 43.4 Å². The maximum absolute atomic E-state index is 12.3. The molecule has 1 amide bonds. The van der Waals surface area contributed by atoms with Crippen LogP contribution < -0.4 is 10.6 Å². The molecule has 0 radical (unpaired) electrons. The molecule has 1 aliphatic rings. The summed E-state index contributed by atoms with van der Waals surface area (Å²) >= 11 is 1.60. The Morgan fingerprint density at radius 1 is 1.55 bits per heavy atom. The predicted octanol–water partition coefficient (Wildman–Crippen LogP) is 2.86. The van der Waals surface area contributed by atoms with Crippen molar-refractivity contribution in [3.05, 3.63) is 16.1 Å². The first-order valence-electron chi connectivity index (χ1n) is 6.45. The standard InChI is InChI=1S/C13H21N3OS.2ClH/c1-9-7-18-11(15-9)10(2)16-12(17)13(3)5-4-6-14-8-13;;/h7,10,14H,4-6,8H2,1-3H3,(H,16,17);2*1H. The van der Waals surface area contributed by atoms with Gasteiger partial charge in [0.05, 0.1) is 11.5 Å².